The Morgan fingerprint density at radius 2 is 1.79 bits per heavy atom. The van der Waals surface area contributed by atoms with E-state index in [4.69, 9.17) is 44.3 Å². The van der Waals surface area contributed by atoms with Crippen LogP contribution in [-0.4, -0.2) is 9.76 Å². The summed E-state index contributed by atoms with van der Waals surface area (Å²) in [5.41, 5.74) is 0.185. The van der Waals surface area contributed by atoms with Crippen molar-refractivity contribution in [1.29, 1.82) is 5.26 Å². The van der Waals surface area contributed by atoms with E-state index in [-0.39, 0.29) is 17.8 Å². The standard InChI is InChI=1S/C22H20Cl3NO3/c1-21(2)17(12-22(23,24)25)19(21)20(27)29-18(13-26)14-7-6-10-16(11-14)28-15-8-4-3-5-9-15/h3-11,17-19H,12H2,1-2H3/t17-,18?,19+/m1/s1. The van der Waals surface area contributed by atoms with Crippen molar-refractivity contribution in [3.8, 4) is 17.6 Å². The van der Waals surface area contributed by atoms with Crippen molar-refractivity contribution in [2.45, 2.75) is 30.2 Å². The van der Waals surface area contributed by atoms with E-state index in [0.29, 0.717) is 17.1 Å². The lowest BCUT2D eigenvalue weighted by atomic mass is 10.1. The number of hydrogen-bond acceptors (Lipinski definition) is 4. The zero-order valence-corrected chi connectivity index (χ0v) is 18.2. The van der Waals surface area contributed by atoms with Crippen molar-refractivity contribution < 1.29 is 14.3 Å². The summed E-state index contributed by atoms with van der Waals surface area (Å²) in [6.07, 6.45) is -0.797. The zero-order valence-electron chi connectivity index (χ0n) is 15.9. The molecule has 0 N–H and O–H groups in total. The molecule has 0 aliphatic heterocycles. The van der Waals surface area contributed by atoms with Gasteiger partial charge in [0.2, 0.25) is 6.10 Å². The second kappa shape index (κ2) is 8.44. The highest BCUT2D eigenvalue weighted by Gasteiger charge is 2.64. The van der Waals surface area contributed by atoms with Gasteiger partial charge in [0.25, 0.3) is 0 Å². The number of carbonyl (C=O) groups is 1. The maximum absolute atomic E-state index is 12.7. The van der Waals surface area contributed by atoms with Gasteiger partial charge in [-0.3, -0.25) is 4.79 Å². The molecule has 1 aliphatic carbocycles. The molecule has 3 atom stereocenters. The van der Waals surface area contributed by atoms with Gasteiger partial charge in [-0.1, -0.05) is 79.0 Å². The van der Waals surface area contributed by atoms with Gasteiger partial charge in [0, 0.05) is 5.56 Å². The molecule has 29 heavy (non-hydrogen) atoms. The minimum absolute atomic E-state index is 0.116. The molecule has 1 saturated carbocycles. The predicted octanol–water partition coefficient (Wildman–Crippen LogP) is 6.62. The fourth-order valence-corrected chi connectivity index (χ4v) is 4.07. The fourth-order valence-electron chi connectivity index (χ4n) is 3.57. The molecule has 0 aromatic heterocycles. The van der Waals surface area contributed by atoms with Crippen LogP contribution < -0.4 is 4.74 Å². The van der Waals surface area contributed by atoms with E-state index >= 15 is 0 Å². The van der Waals surface area contributed by atoms with Crippen LogP contribution >= 0.6 is 34.8 Å². The fraction of sp³-hybridized carbons (Fsp3) is 0.364. The van der Waals surface area contributed by atoms with E-state index in [1.165, 1.54) is 0 Å². The van der Waals surface area contributed by atoms with Gasteiger partial charge in [0.05, 0.1) is 5.92 Å². The Labute approximate surface area is 185 Å². The molecule has 0 amide bonds. The zero-order chi connectivity index (χ0) is 21.2. The van der Waals surface area contributed by atoms with Gasteiger partial charge in [-0.05, 0) is 42.0 Å². The second-order valence-electron chi connectivity index (χ2n) is 7.66. The van der Waals surface area contributed by atoms with Gasteiger partial charge in [-0.15, -0.1) is 0 Å². The summed E-state index contributed by atoms with van der Waals surface area (Å²) < 4.78 is 9.86. The molecule has 0 bridgehead atoms. The Morgan fingerprint density at radius 1 is 1.14 bits per heavy atom. The van der Waals surface area contributed by atoms with Crippen LogP contribution in [0.5, 0.6) is 11.5 Å². The largest absolute Gasteiger partial charge is 0.457 e. The minimum atomic E-state index is -1.44. The van der Waals surface area contributed by atoms with E-state index in [1.54, 1.807) is 24.3 Å². The molecule has 4 nitrogen and oxygen atoms in total. The third-order valence-corrected chi connectivity index (χ3v) is 5.71. The molecule has 152 valence electrons. The third-order valence-electron chi connectivity index (χ3n) is 5.25. The molecular weight excluding hydrogens is 433 g/mol. The van der Waals surface area contributed by atoms with Crippen LogP contribution in [-0.2, 0) is 9.53 Å². The number of rotatable bonds is 6. The quantitative estimate of drug-likeness (QED) is 0.365. The summed E-state index contributed by atoms with van der Waals surface area (Å²) >= 11 is 17.7. The topological polar surface area (TPSA) is 59.3 Å². The van der Waals surface area contributed by atoms with Gasteiger partial charge >= 0.3 is 5.97 Å². The van der Waals surface area contributed by atoms with Gasteiger partial charge < -0.3 is 9.47 Å². The van der Waals surface area contributed by atoms with Gasteiger partial charge in [-0.2, -0.15) is 5.26 Å². The monoisotopic (exact) mass is 451 g/mol. The van der Waals surface area contributed by atoms with Gasteiger partial charge in [-0.25, -0.2) is 0 Å². The Morgan fingerprint density at radius 3 is 2.41 bits per heavy atom. The molecule has 2 aromatic rings. The Kier molecular flexibility index (Phi) is 6.33. The molecule has 0 saturated heterocycles. The van der Waals surface area contributed by atoms with Crippen molar-refractivity contribution in [3.05, 3.63) is 60.2 Å². The molecular formula is C22H20Cl3NO3. The molecule has 2 aromatic carbocycles. The number of esters is 1. The highest BCUT2D eigenvalue weighted by molar-refractivity contribution is 6.67. The van der Waals surface area contributed by atoms with Crippen LogP contribution in [0.3, 0.4) is 0 Å². The SMILES string of the molecule is CC1(C)[C@H](CC(Cl)(Cl)Cl)[C@H]1C(=O)OC(C#N)c1cccc(Oc2ccccc2)c1. The molecule has 0 heterocycles. The molecule has 1 fully saturated rings. The summed E-state index contributed by atoms with van der Waals surface area (Å²) in [6, 6.07) is 18.2. The smallest absolute Gasteiger partial charge is 0.311 e. The average molecular weight is 453 g/mol. The maximum atomic E-state index is 12.7. The first kappa shape index (κ1) is 21.8. The first-order valence-corrected chi connectivity index (χ1v) is 10.2. The Balaban J connectivity index is 1.70. The number of alkyl halides is 3. The van der Waals surface area contributed by atoms with Gasteiger partial charge in [0.1, 0.15) is 17.6 Å². The normalized spacial score (nSPS) is 21.0. The van der Waals surface area contributed by atoms with Crippen molar-refractivity contribution in [1.82, 2.24) is 0 Å². The van der Waals surface area contributed by atoms with E-state index in [0.717, 1.165) is 0 Å². The summed E-state index contributed by atoms with van der Waals surface area (Å²) in [6.45, 7) is 3.85. The highest BCUT2D eigenvalue weighted by atomic mass is 35.6. The van der Waals surface area contributed by atoms with Crippen LogP contribution in [0.1, 0.15) is 31.9 Å². The maximum Gasteiger partial charge on any atom is 0.311 e. The molecule has 3 rings (SSSR count). The Bertz CT molecular complexity index is 919. The molecule has 7 heteroatoms. The van der Waals surface area contributed by atoms with E-state index in [1.807, 2.05) is 50.2 Å². The summed E-state index contributed by atoms with van der Waals surface area (Å²) in [5, 5.41) is 9.56. The lowest BCUT2D eigenvalue weighted by Crippen LogP contribution is -2.15. The van der Waals surface area contributed by atoms with Crippen LogP contribution in [0, 0.1) is 28.6 Å². The minimum Gasteiger partial charge on any atom is -0.457 e. The van der Waals surface area contributed by atoms with Crippen molar-refractivity contribution in [2.24, 2.45) is 17.3 Å². The van der Waals surface area contributed by atoms with E-state index < -0.39 is 21.8 Å². The number of benzene rings is 2. The van der Waals surface area contributed by atoms with Crippen LogP contribution in [0.4, 0.5) is 0 Å². The molecule has 0 spiro atoms. The first-order chi connectivity index (χ1) is 13.6. The van der Waals surface area contributed by atoms with Crippen molar-refractivity contribution in [3.63, 3.8) is 0 Å². The lowest BCUT2D eigenvalue weighted by molar-refractivity contribution is -0.149. The Hall–Kier alpha value is -1.93. The number of ether oxygens (including phenoxy) is 2. The van der Waals surface area contributed by atoms with Crippen molar-refractivity contribution in [2.75, 3.05) is 0 Å². The van der Waals surface area contributed by atoms with Crippen LogP contribution in [0.2, 0.25) is 0 Å². The van der Waals surface area contributed by atoms with E-state index in [9.17, 15) is 10.1 Å². The van der Waals surface area contributed by atoms with Crippen LogP contribution in [0.15, 0.2) is 54.6 Å². The summed E-state index contributed by atoms with van der Waals surface area (Å²) in [5.74, 6) is 0.220. The molecule has 1 aliphatic rings. The number of carbonyl (C=O) groups excluding carboxylic acids is 1. The van der Waals surface area contributed by atoms with Gasteiger partial charge in [0.15, 0.2) is 3.79 Å². The second-order valence-corrected chi connectivity index (χ2v) is 10.2. The number of nitriles is 1. The molecule has 0 radical (unpaired) electrons. The number of hydrogen-bond donors (Lipinski definition) is 0. The van der Waals surface area contributed by atoms with Crippen molar-refractivity contribution >= 4 is 40.8 Å². The summed E-state index contributed by atoms with van der Waals surface area (Å²) in [7, 11) is 0. The first-order valence-electron chi connectivity index (χ1n) is 9.11. The summed E-state index contributed by atoms with van der Waals surface area (Å²) in [4.78, 5) is 12.7. The average Bonchev–Trinajstić information content (AvgIpc) is 3.18. The third kappa shape index (κ3) is 5.36. The highest BCUT2D eigenvalue weighted by Crippen LogP contribution is 2.63. The number of halogens is 3. The predicted molar refractivity (Wildman–Crippen MR) is 113 cm³/mol. The number of para-hydroxylation sites is 1. The molecule has 1 unspecified atom stereocenters. The van der Waals surface area contributed by atoms with Crippen LogP contribution in [0.25, 0.3) is 0 Å². The number of nitrogens with zero attached hydrogens (tertiary/aromatic N) is 1. The van der Waals surface area contributed by atoms with E-state index in [2.05, 4.69) is 0 Å². The lowest BCUT2D eigenvalue weighted by Gasteiger charge is -2.14.